The van der Waals surface area contributed by atoms with Gasteiger partial charge in [0.15, 0.2) is 0 Å². The van der Waals surface area contributed by atoms with Gasteiger partial charge in [-0.25, -0.2) is 0 Å². The summed E-state index contributed by atoms with van der Waals surface area (Å²) in [5.41, 5.74) is 0. The highest BCUT2D eigenvalue weighted by molar-refractivity contribution is 5.79. The standard InChI is InChI=1S/C14H23N3O2/c1-3-17(4-2)14(19)7-9-15-13(18)8-12-16-10-5-6-11-16/h5-6,10-11H,3-4,7-9,12H2,1-2H3,(H,15,18). The smallest absolute Gasteiger partial charge is 0.224 e. The molecule has 5 nitrogen and oxygen atoms in total. The molecule has 0 radical (unpaired) electrons. The molecule has 1 aromatic rings. The van der Waals surface area contributed by atoms with Gasteiger partial charge in [-0.15, -0.1) is 0 Å². The Balaban J connectivity index is 2.15. The van der Waals surface area contributed by atoms with E-state index < -0.39 is 0 Å². The van der Waals surface area contributed by atoms with Crippen molar-refractivity contribution in [2.45, 2.75) is 33.2 Å². The number of amides is 2. The van der Waals surface area contributed by atoms with Gasteiger partial charge in [0, 0.05) is 51.4 Å². The Hall–Kier alpha value is -1.78. The number of carbonyl (C=O) groups excluding carboxylic acids is 2. The molecule has 1 aromatic heterocycles. The van der Waals surface area contributed by atoms with E-state index in [0.29, 0.717) is 25.9 Å². The van der Waals surface area contributed by atoms with Crippen molar-refractivity contribution in [2.24, 2.45) is 0 Å². The summed E-state index contributed by atoms with van der Waals surface area (Å²) in [6, 6.07) is 3.86. The van der Waals surface area contributed by atoms with Gasteiger partial charge < -0.3 is 14.8 Å². The Labute approximate surface area is 114 Å². The Morgan fingerprint density at radius 1 is 1.11 bits per heavy atom. The Bertz CT molecular complexity index is 383. The Morgan fingerprint density at radius 3 is 2.32 bits per heavy atom. The molecule has 0 saturated heterocycles. The predicted octanol–water partition coefficient (Wildman–Crippen LogP) is 1.25. The number of hydrogen-bond donors (Lipinski definition) is 1. The van der Waals surface area contributed by atoms with E-state index in [0.717, 1.165) is 13.1 Å². The maximum absolute atomic E-state index is 11.7. The van der Waals surface area contributed by atoms with Gasteiger partial charge in [0.05, 0.1) is 0 Å². The largest absolute Gasteiger partial charge is 0.356 e. The summed E-state index contributed by atoms with van der Waals surface area (Å²) in [6.45, 7) is 6.44. The van der Waals surface area contributed by atoms with Gasteiger partial charge in [-0.3, -0.25) is 9.59 Å². The second-order valence-corrected chi connectivity index (χ2v) is 4.34. The molecule has 0 atom stereocenters. The fourth-order valence-electron chi connectivity index (χ4n) is 1.88. The van der Waals surface area contributed by atoms with Crippen LogP contribution < -0.4 is 5.32 Å². The van der Waals surface area contributed by atoms with Crippen molar-refractivity contribution in [3.63, 3.8) is 0 Å². The lowest BCUT2D eigenvalue weighted by Crippen LogP contribution is -2.34. The first kappa shape index (κ1) is 15.3. The molecule has 1 heterocycles. The van der Waals surface area contributed by atoms with Crippen LogP contribution in [-0.4, -0.2) is 40.9 Å². The molecule has 106 valence electrons. The first-order valence-electron chi connectivity index (χ1n) is 6.82. The van der Waals surface area contributed by atoms with E-state index in [1.54, 1.807) is 4.90 Å². The highest BCUT2D eigenvalue weighted by atomic mass is 16.2. The van der Waals surface area contributed by atoms with Crippen molar-refractivity contribution in [2.75, 3.05) is 19.6 Å². The van der Waals surface area contributed by atoms with Crippen LogP contribution in [0, 0.1) is 0 Å². The number of nitrogens with zero attached hydrogens (tertiary/aromatic N) is 2. The van der Waals surface area contributed by atoms with Gasteiger partial charge in [-0.1, -0.05) is 0 Å². The zero-order valence-electron chi connectivity index (χ0n) is 11.8. The van der Waals surface area contributed by atoms with Gasteiger partial charge in [-0.2, -0.15) is 0 Å². The number of aromatic nitrogens is 1. The summed E-state index contributed by atoms with van der Waals surface area (Å²) in [5.74, 6) is 0.0803. The van der Waals surface area contributed by atoms with Crippen LogP contribution in [0.4, 0.5) is 0 Å². The third kappa shape index (κ3) is 5.59. The van der Waals surface area contributed by atoms with Crippen LogP contribution in [-0.2, 0) is 16.1 Å². The maximum Gasteiger partial charge on any atom is 0.224 e. The van der Waals surface area contributed by atoms with E-state index in [-0.39, 0.29) is 11.8 Å². The van der Waals surface area contributed by atoms with Crippen LogP contribution in [0.1, 0.15) is 26.7 Å². The molecule has 0 unspecified atom stereocenters. The zero-order valence-corrected chi connectivity index (χ0v) is 11.8. The van der Waals surface area contributed by atoms with Gasteiger partial charge in [-0.05, 0) is 26.0 Å². The van der Waals surface area contributed by atoms with Crippen molar-refractivity contribution in [3.8, 4) is 0 Å². The third-order valence-corrected chi connectivity index (χ3v) is 3.04. The molecule has 0 aliphatic carbocycles. The summed E-state index contributed by atoms with van der Waals surface area (Å²) < 4.78 is 1.96. The Kier molecular flexibility index (Phi) is 6.71. The first-order valence-corrected chi connectivity index (χ1v) is 6.82. The predicted molar refractivity (Wildman–Crippen MR) is 74.6 cm³/mol. The molecule has 1 N–H and O–H groups in total. The fraction of sp³-hybridized carbons (Fsp3) is 0.571. The van der Waals surface area contributed by atoms with E-state index in [4.69, 9.17) is 0 Å². The van der Waals surface area contributed by atoms with E-state index in [1.165, 1.54) is 0 Å². The lowest BCUT2D eigenvalue weighted by Gasteiger charge is -2.18. The van der Waals surface area contributed by atoms with Crippen LogP contribution >= 0.6 is 0 Å². The molecule has 0 saturated carbocycles. The molecular weight excluding hydrogens is 242 g/mol. The molecule has 0 aliphatic rings. The van der Waals surface area contributed by atoms with Crippen LogP contribution in [0.5, 0.6) is 0 Å². The van der Waals surface area contributed by atoms with Gasteiger partial charge in [0.2, 0.25) is 11.8 Å². The quantitative estimate of drug-likeness (QED) is 0.769. The summed E-state index contributed by atoms with van der Waals surface area (Å²) in [7, 11) is 0. The molecule has 0 bridgehead atoms. The van der Waals surface area contributed by atoms with Crippen molar-refractivity contribution in [1.82, 2.24) is 14.8 Å². The monoisotopic (exact) mass is 265 g/mol. The molecule has 19 heavy (non-hydrogen) atoms. The highest BCUT2D eigenvalue weighted by Gasteiger charge is 2.09. The minimum absolute atomic E-state index is 0.0129. The van der Waals surface area contributed by atoms with Gasteiger partial charge >= 0.3 is 0 Å². The van der Waals surface area contributed by atoms with Crippen molar-refractivity contribution >= 4 is 11.8 Å². The molecular formula is C14H23N3O2. The first-order chi connectivity index (χ1) is 9.17. The van der Waals surface area contributed by atoms with Crippen LogP contribution in [0.25, 0.3) is 0 Å². The molecule has 2 amide bonds. The number of aryl methyl sites for hydroxylation is 1. The van der Waals surface area contributed by atoms with E-state index in [9.17, 15) is 9.59 Å². The topological polar surface area (TPSA) is 54.3 Å². The summed E-state index contributed by atoms with van der Waals surface area (Å²) >= 11 is 0. The summed E-state index contributed by atoms with van der Waals surface area (Å²) in [4.78, 5) is 25.1. The molecule has 1 rings (SSSR count). The fourth-order valence-corrected chi connectivity index (χ4v) is 1.88. The van der Waals surface area contributed by atoms with E-state index in [2.05, 4.69) is 5.32 Å². The second-order valence-electron chi connectivity index (χ2n) is 4.34. The van der Waals surface area contributed by atoms with Crippen molar-refractivity contribution in [3.05, 3.63) is 24.5 Å². The minimum Gasteiger partial charge on any atom is -0.356 e. The normalized spacial score (nSPS) is 10.2. The minimum atomic E-state index is -0.0129. The summed E-state index contributed by atoms with van der Waals surface area (Å²) in [6.07, 6.45) is 4.67. The number of carbonyl (C=O) groups is 2. The highest BCUT2D eigenvalue weighted by Crippen LogP contribution is 1.95. The lowest BCUT2D eigenvalue weighted by atomic mass is 10.3. The second kappa shape index (κ2) is 8.34. The van der Waals surface area contributed by atoms with E-state index >= 15 is 0 Å². The van der Waals surface area contributed by atoms with Crippen molar-refractivity contribution < 1.29 is 9.59 Å². The van der Waals surface area contributed by atoms with Crippen molar-refractivity contribution in [1.29, 1.82) is 0 Å². The van der Waals surface area contributed by atoms with Gasteiger partial charge in [0.25, 0.3) is 0 Å². The zero-order chi connectivity index (χ0) is 14.1. The summed E-state index contributed by atoms with van der Waals surface area (Å²) in [5, 5.41) is 2.78. The third-order valence-electron chi connectivity index (χ3n) is 3.04. The SMILES string of the molecule is CCN(CC)C(=O)CCNC(=O)CCn1cccc1. The molecule has 0 aromatic carbocycles. The maximum atomic E-state index is 11.7. The van der Waals surface area contributed by atoms with Gasteiger partial charge in [0.1, 0.15) is 0 Å². The van der Waals surface area contributed by atoms with Crippen LogP contribution in [0.3, 0.4) is 0 Å². The number of rotatable bonds is 8. The average Bonchev–Trinajstić information content (AvgIpc) is 2.91. The Morgan fingerprint density at radius 2 is 1.74 bits per heavy atom. The number of hydrogen-bond acceptors (Lipinski definition) is 2. The molecule has 0 spiro atoms. The average molecular weight is 265 g/mol. The molecule has 0 fully saturated rings. The van der Waals surface area contributed by atoms with E-state index in [1.807, 2.05) is 42.9 Å². The molecule has 5 heteroatoms. The lowest BCUT2D eigenvalue weighted by molar-refractivity contribution is -0.130. The number of nitrogens with one attached hydrogen (secondary N) is 1. The molecule has 0 aliphatic heterocycles. The van der Waals surface area contributed by atoms with Crippen LogP contribution in [0.2, 0.25) is 0 Å². The van der Waals surface area contributed by atoms with Crippen LogP contribution in [0.15, 0.2) is 24.5 Å².